The number of aliphatic carboxylic acids is 1. The van der Waals surface area contributed by atoms with Crippen LogP contribution in [0.3, 0.4) is 0 Å². The Hall–Kier alpha value is -1.85. The number of carboxylic acid groups (broad SMARTS) is 1. The predicted octanol–water partition coefficient (Wildman–Crippen LogP) is 1.95. The quantitative estimate of drug-likeness (QED) is 0.888. The first-order chi connectivity index (χ1) is 9.61. The van der Waals surface area contributed by atoms with Crippen molar-refractivity contribution in [2.75, 3.05) is 18.1 Å². The molecule has 0 amide bonds. The fraction of sp³-hybridized carbons (Fsp3) is 0.643. The molecule has 2 unspecified atom stereocenters. The molecule has 1 fully saturated rings. The van der Waals surface area contributed by atoms with E-state index in [4.69, 9.17) is 9.84 Å². The smallest absolute Gasteiger partial charge is 0.306 e. The summed E-state index contributed by atoms with van der Waals surface area (Å²) in [5.41, 5.74) is 0. The topological polar surface area (TPSA) is 75.5 Å². The van der Waals surface area contributed by atoms with Gasteiger partial charge in [0.1, 0.15) is 12.1 Å². The molecule has 0 saturated carbocycles. The number of piperidine rings is 1. The van der Waals surface area contributed by atoms with Gasteiger partial charge in [0, 0.05) is 18.7 Å². The number of hydrogen-bond acceptors (Lipinski definition) is 5. The third kappa shape index (κ3) is 3.37. The van der Waals surface area contributed by atoms with Gasteiger partial charge in [-0.15, -0.1) is 0 Å². The first kappa shape index (κ1) is 14.6. The monoisotopic (exact) mass is 279 g/mol. The van der Waals surface area contributed by atoms with E-state index in [0.717, 1.165) is 12.2 Å². The van der Waals surface area contributed by atoms with E-state index in [0.29, 0.717) is 31.9 Å². The molecule has 0 aromatic carbocycles. The fourth-order valence-electron chi connectivity index (χ4n) is 2.51. The lowest BCUT2D eigenvalue weighted by Gasteiger charge is -2.37. The maximum absolute atomic E-state index is 11.1. The maximum Gasteiger partial charge on any atom is 0.306 e. The normalized spacial score (nSPS) is 22.6. The van der Waals surface area contributed by atoms with Crippen LogP contribution in [0.2, 0.25) is 0 Å². The van der Waals surface area contributed by atoms with Crippen LogP contribution in [-0.2, 0) is 4.79 Å². The minimum atomic E-state index is -0.703. The van der Waals surface area contributed by atoms with Crippen molar-refractivity contribution in [2.24, 2.45) is 5.92 Å². The van der Waals surface area contributed by atoms with Crippen LogP contribution in [0.1, 0.15) is 33.1 Å². The second-order valence-corrected chi connectivity index (χ2v) is 5.16. The Morgan fingerprint density at radius 2 is 2.35 bits per heavy atom. The highest BCUT2D eigenvalue weighted by atomic mass is 16.5. The van der Waals surface area contributed by atoms with Crippen LogP contribution in [0.4, 0.5) is 5.82 Å². The van der Waals surface area contributed by atoms with Crippen molar-refractivity contribution in [1.29, 1.82) is 0 Å². The summed E-state index contributed by atoms with van der Waals surface area (Å²) in [4.78, 5) is 21.5. The average Bonchev–Trinajstić information content (AvgIpc) is 2.45. The number of rotatable bonds is 5. The van der Waals surface area contributed by atoms with Gasteiger partial charge in [-0.05, 0) is 26.2 Å². The Morgan fingerprint density at radius 3 is 3.00 bits per heavy atom. The molecule has 1 aliphatic heterocycles. The van der Waals surface area contributed by atoms with Crippen molar-refractivity contribution in [3.8, 4) is 5.88 Å². The molecule has 6 nitrogen and oxygen atoms in total. The van der Waals surface area contributed by atoms with E-state index in [1.165, 1.54) is 6.33 Å². The molecule has 0 aliphatic carbocycles. The molecule has 2 rings (SSSR count). The third-order valence-corrected chi connectivity index (χ3v) is 3.60. The van der Waals surface area contributed by atoms with E-state index in [1.54, 1.807) is 0 Å². The minimum Gasteiger partial charge on any atom is -0.481 e. The number of carboxylic acids is 1. The first-order valence-corrected chi connectivity index (χ1v) is 7.06. The summed E-state index contributed by atoms with van der Waals surface area (Å²) in [5, 5.41) is 9.09. The fourth-order valence-corrected chi connectivity index (χ4v) is 2.51. The molecule has 2 heterocycles. The zero-order valence-electron chi connectivity index (χ0n) is 12.0. The average molecular weight is 279 g/mol. The molecule has 110 valence electrons. The predicted molar refractivity (Wildman–Crippen MR) is 75.0 cm³/mol. The molecule has 1 aromatic heterocycles. The van der Waals surface area contributed by atoms with Crippen molar-refractivity contribution in [3.63, 3.8) is 0 Å². The molecular formula is C14H21N3O3. The van der Waals surface area contributed by atoms with Gasteiger partial charge in [0.2, 0.25) is 5.88 Å². The molecule has 1 aromatic rings. The number of aromatic nitrogens is 2. The zero-order valence-corrected chi connectivity index (χ0v) is 12.0. The number of ether oxygens (including phenoxy) is 1. The molecule has 20 heavy (non-hydrogen) atoms. The highest BCUT2D eigenvalue weighted by molar-refractivity contribution is 5.70. The highest BCUT2D eigenvalue weighted by Gasteiger charge is 2.30. The third-order valence-electron chi connectivity index (χ3n) is 3.60. The Balaban J connectivity index is 2.06. The number of carbonyl (C=O) groups is 1. The van der Waals surface area contributed by atoms with Crippen LogP contribution in [0.5, 0.6) is 5.88 Å². The summed E-state index contributed by atoms with van der Waals surface area (Å²) >= 11 is 0. The molecule has 1 N–H and O–H groups in total. The van der Waals surface area contributed by atoms with E-state index in [2.05, 4.69) is 14.9 Å². The van der Waals surface area contributed by atoms with E-state index in [1.807, 2.05) is 19.9 Å². The van der Waals surface area contributed by atoms with Gasteiger partial charge >= 0.3 is 5.97 Å². The van der Waals surface area contributed by atoms with Gasteiger partial charge in [-0.25, -0.2) is 9.97 Å². The van der Waals surface area contributed by atoms with Crippen LogP contribution in [0, 0.1) is 5.92 Å². The molecule has 0 bridgehead atoms. The number of nitrogens with zero attached hydrogens (tertiary/aromatic N) is 3. The second-order valence-electron chi connectivity index (χ2n) is 5.16. The summed E-state index contributed by atoms with van der Waals surface area (Å²) in [6, 6.07) is 1.98. The van der Waals surface area contributed by atoms with Gasteiger partial charge in [0.15, 0.2) is 0 Å². The number of anilines is 1. The van der Waals surface area contributed by atoms with Gasteiger partial charge < -0.3 is 14.7 Å². The van der Waals surface area contributed by atoms with E-state index < -0.39 is 5.97 Å². The van der Waals surface area contributed by atoms with Crippen molar-refractivity contribution in [1.82, 2.24) is 9.97 Å². The van der Waals surface area contributed by atoms with Crippen molar-refractivity contribution >= 4 is 11.8 Å². The molecule has 2 atom stereocenters. The largest absolute Gasteiger partial charge is 0.481 e. The molecule has 1 aliphatic rings. The molecule has 0 radical (unpaired) electrons. The summed E-state index contributed by atoms with van der Waals surface area (Å²) in [7, 11) is 0. The molecule has 1 saturated heterocycles. The standard InChI is InChI=1S/C14H21N3O3/c1-3-6-20-13-8-12(15-9-16-13)17-5-4-11(14(18)19)7-10(17)2/h8-11H,3-7H2,1-2H3,(H,18,19). The van der Waals surface area contributed by atoms with Gasteiger partial charge in [0.25, 0.3) is 0 Å². The van der Waals surface area contributed by atoms with Gasteiger partial charge in [0.05, 0.1) is 12.5 Å². The van der Waals surface area contributed by atoms with Crippen LogP contribution in [-0.4, -0.2) is 40.2 Å². The van der Waals surface area contributed by atoms with Crippen LogP contribution >= 0.6 is 0 Å². The Kier molecular flexibility index (Phi) is 4.76. The van der Waals surface area contributed by atoms with Gasteiger partial charge in [-0.1, -0.05) is 6.92 Å². The summed E-state index contributed by atoms with van der Waals surface area (Å²) in [6.07, 6.45) is 3.72. The molecule has 6 heteroatoms. The lowest BCUT2D eigenvalue weighted by molar-refractivity contribution is -0.142. The first-order valence-electron chi connectivity index (χ1n) is 7.06. The highest BCUT2D eigenvalue weighted by Crippen LogP contribution is 2.28. The van der Waals surface area contributed by atoms with E-state index >= 15 is 0 Å². The Morgan fingerprint density at radius 1 is 1.55 bits per heavy atom. The maximum atomic E-state index is 11.1. The van der Waals surface area contributed by atoms with Gasteiger partial charge in [-0.3, -0.25) is 4.79 Å². The molecular weight excluding hydrogens is 258 g/mol. The summed E-state index contributed by atoms with van der Waals surface area (Å²) < 4.78 is 5.51. The van der Waals surface area contributed by atoms with E-state index in [-0.39, 0.29) is 12.0 Å². The Bertz CT molecular complexity index is 467. The van der Waals surface area contributed by atoms with Gasteiger partial charge in [-0.2, -0.15) is 0 Å². The van der Waals surface area contributed by atoms with Crippen molar-refractivity contribution in [3.05, 3.63) is 12.4 Å². The minimum absolute atomic E-state index is 0.152. The summed E-state index contributed by atoms with van der Waals surface area (Å²) in [5.74, 6) is 0.428. The van der Waals surface area contributed by atoms with Crippen molar-refractivity contribution in [2.45, 2.75) is 39.2 Å². The van der Waals surface area contributed by atoms with Crippen LogP contribution in [0.15, 0.2) is 12.4 Å². The Labute approximate surface area is 118 Å². The summed E-state index contributed by atoms with van der Waals surface area (Å²) in [6.45, 7) is 5.40. The lowest BCUT2D eigenvalue weighted by atomic mass is 9.92. The zero-order chi connectivity index (χ0) is 14.5. The van der Waals surface area contributed by atoms with Crippen LogP contribution in [0.25, 0.3) is 0 Å². The van der Waals surface area contributed by atoms with E-state index in [9.17, 15) is 4.79 Å². The molecule has 0 spiro atoms. The van der Waals surface area contributed by atoms with Crippen LogP contribution < -0.4 is 9.64 Å². The second kappa shape index (κ2) is 6.54. The number of hydrogen-bond donors (Lipinski definition) is 1. The lowest BCUT2D eigenvalue weighted by Crippen LogP contribution is -2.43. The SMILES string of the molecule is CCCOc1cc(N2CCC(C(=O)O)CC2C)ncn1. The van der Waals surface area contributed by atoms with Crippen molar-refractivity contribution < 1.29 is 14.6 Å².